The number of rotatable bonds is 2. The van der Waals surface area contributed by atoms with Crippen LogP contribution >= 0.6 is 34.5 Å². The van der Waals surface area contributed by atoms with Crippen LogP contribution in [0.5, 0.6) is 0 Å². The molecule has 144 valence electrons. The fourth-order valence-corrected chi connectivity index (χ4v) is 4.65. The second-order valence-electron chi connectivity index (χ2n) is 6.72. The van der Waals surface area contributed by atoms with Crippen molar-refractivity contribution >= 4 is 56.5 Å². The number of amides is 1. The summed E-state index contributed by atoms with van der Waals surface area (Å²) in [5.74, 6) is -0.393. The minimum atomic E-state index is -0.692. The summed E-state index contributed by atoms with van der Waals surface area (Å²) in [7, 11) is 0. The highest BCUT2D eigenvalue weighted by Crippen LogP contribution is 2.42. The Hall–Kier alpha value is -2.67. The van der Waals surface area contributed by atoms with Crippen LogP contribution in [0.1, 0.15) is 33.3 Å². The molecule has 1 aliphatic rings. The molecule has 0 unspecified atom stereocenters. The molecule has 1 atom stereocenters. The number of aromatic nitrogens is 1. The van der Waals surface area contributed by atoms with Gasteiger partial charge in [0.2, 0.25) is 5.76 Å². The predicted octanol–water partition coefficient (Wildman–Crippen LogP) is 5.61. The number of anilines is 1. The lowest BCUT2D eigenvalue weighted by atomic mass is 9.98. The summed E-state index contributed by atoms with van der Waals surface area (Å²) in [6, 6.07) is 9.65. The molecule has 0 bridgehead atoms. The van der Waals surface area contributed by atoms with Crippen LogP contribution in [0.15, 0.2) is 57.2 Å². The van der Waals surface area contributed by atoms with E-state index < -0.39 is 11.9 Å². The minimum Gasteiger partial charge on any atom is -0.450 e. The molecule has 29 heavy (non-hydrogen) atoms. The van der Waals surface area contributed by atoms with E-state index in [9.17, 15) is 9.59 Å². The Kier molecular flexibility index (Phi) is 4.24. The molecule has 0 saturated carbocycles. The van der Waals surface area contributed by atoms with E-state index in [4.69, 9.17) is 27.6 Å². The number of nitrogens with zero attached hydrogens (tertiary/aromatic N) is 2. The Morgan fingerprint density at radius 3 is 2.72 bits per heavy atom. The Labute approximate surface area is 179 Å². The third kappa shape index (κ3) is 2.79. The van der Waals surface area contributed by atoms with Crippen molar-refractivity contribution in [2.75, 3.05) is 4.90 Å². The van der Waals surface area contributed by atoms with E-state index in [2.05, 4.69) is 4.98 Å². The van der Waals surface area contributed by atoms with E-state index in [1.165, 1.54) is 16.2 Å². The second-order valence-corrected chi connectivity index (χ2v) is 8.44. The van der Waals surface area contributed by atoms with Crippen molar-refractivity contribution in [1.29, 1.82) is 0 Å². The van der Waals surface area contributed by atoms with Crippen molar-refractivity contribution in [3.8, 4) is 0 Å². The third-order valence-corrected chi connectivity index (χ3v) is 6.35. The molecule has 2 aromatic carbocycles. The van der Waals surface area contributed by atoms with E-state index in [0.717, 1.165) is 5.56 Å². The Bertz CT molecular complexity index is 1350. The zero-order chi connectivity index (χ0) is 20.3. The first-order valence-corrected chi connectivity index (χ1v) is 10.3. The molecule has 1 aliphatic heterocycles. The quantitative estimate of drug-likeness (QED) is 0.404. The molecule has 1 amide bonds. The van der Waals surface area contributed by atoms with Crippen molar-refractivity contribution < 1.29 is 9.21 Å². The van der Waals surface area contributed by atoms with Gasteiger partial charge < -0.3 is 4.42 Å². The molecule has 2 aromatic heterocycles. The molecule has 0 aliphatic carbocycles. The number of carbonyl (C=O) groups is 1. The normalized spacial score (nSPS) is 15.9. The van der Waals surface area contributed by atoms with E-state index in [0.29, 0.717) is 31.7 Å². The standard InChI is InChI=1S/C21H12Cl2N2O3S/c1-10-7-15-13(9-14(10)23)18(26)16-17(11-3-2-4-12(22)8-11)25(20(27)19(16)28-15)21-24-5-6-29-21/h2-9,17H,1H3/t17-/m1/s1. The fourth-order valence-electron chi connectivity index (χ4n) is 3.62. The van der Waals surface area contributed by atoms with Gasteiger partial charge in [0.25, 0.3) is 5.91 Å². The zero-order valence-electron chi connectivity index (χ0n) is 15.0. The first kappa shape index (κ1) is 18.4. The number of carbonyl (C=O) groups excluding carboxylic acids is 1. The summed E-state index contributed by atoms with van der Waals surface area (Å²) in [5, 5.41) is 3.55. The summed E-state index contributed by atoms with van der Waals surface area (Å²) >= 11 is 13.7. The SMILES string of the molecule is Cc1cc2oc3c(c(=O)c2cc1Cl)[C@@H](c1cccc(Cl)c1)N(c1nccs1)C3=O. The highest BCUT2D eigenvalue weighted by atomic mass is 35.5. The smallest absolute Gasteiger partial charge is 0.297 e. The fraction of sp³-hybridized carbons (Fsp3) is 0.0952. The largest absolute Gasteiger partial charge is 0.450 e. The number of benzene rings is 2. The van der Waals surface area contributed by atoms with Crippen LogP contribution in [0.2, 0.25) is 10.0 Å². The van der Waals surface area contributed by atoms with Gasteiger partial charge in [0.15, 0.2) is 10.6 Å². The van der Waals surface area contributed by atoms with Gasteiger partial charge in [0, 0.05) is 21.6 Å². The molecule has 4 aromatic rings. The van der Waals surface area contributed by atoms with Gasteiger partial charge in [0.1, 0.15) is 5.58 Å². The first-order valence-electron chi connectivity index (χ1n) is 8.71. The summed E-state index contributed by atoms with van der Waals surface area (Å²) in [6.45, 7) is 1.81. The van der Waals surface area contributed by atoms with Gasteiger partial charge in [-0.1, -0.05) is 35.3 Å². The van der Waals surface area contributed by atoms with Crippen LogP contribution in [0.25, 0.3) is 11.0 Å². The molecule has 0 radical (unpaired) electrons. The van der Waals surface area contributed by atoms with Crippen LogP contribution in [-0.2, 0) is 0 Å². The monoisotopic (exact) mass is 442 g/mol. The van der Waals surface area contributed by atoms with E-state index in [1.54, 1.807) is 41.9 Å². The van der Waals surface area contributed by atoms with E-state index in [-0.39, 0.29) is 16.8 Å². The molecule has 0 spiro atoms. The highest BCUT2D eigenvalue weighted by Gasteiger charge is 2.44. The first-order chi connectivity index (χ1) is 14.0. The Morgan fingerprint density at radius 1 is 1.17 bits per heavy atom. The van der Waals surface area contributed by atoms with Crippen molar-refractivity contribution in [2.24, 2.45) is 0 Å². The topological polar surface area (TPSA) is 63.4 Å². The Morgan fingerprint density at radius 2 is 2.00 bits per heavy atom. The van der Waals surface area contributed by atoms with Crippen molar-refractivity contribution in [1.82, 2.24) is 4.98 Å². The van der Waals surface area contributed by atoms with Crippen LogP contribution in [0, 0.1) is 6.92 Å². The third-order valence-electron chi connectivity index (χ3n) is 4.94. The molecule has 5 rings (SSSR count). The lowest BCUT2D eigenvalue weighted by molar-refractivity contribution is 0.0971. The number of halogens is 2. The summed E-state index contributed by atoms with van der Waals surface area (Å²) < 4.78 is 5.94. The van der Waals surface area contributed by atoms with Crippen molar-refractivity contribution in [3.63, 3.8) is 0 Å². The number of thiazole rings is 1. The summed E-state index contributed by atoms with van der Waals surface area (Å²) in [6.07, 6.45) is 1.61. The molecule has 0 N–H and O–H groups in total. The Balaban J connectivity index is 1.85. The molecule has 5 nitrogen and oxygen atoms in total. The molecule has 8 heteroatoms. The average Bonchev–Trinajstić information content (AvgIpc) is 3.30. The van der Waals surface area contributed by atoms with Crippen LogP contribution < -0.4 is 10.3 Å². The van der Waals surface area contributed by atoms with E-state index >= 15 is 0 Å². The summed E-state index contributed by atoms with van der Waals surface area (Å²) in [5.41, 5.74) is 1.76. The van der Waals surface area contributed by atoms with Crippen LogP contribution in [0.4, 0.5) is 5.13 Å². The maximum absolute atomic E-state index is 13.5. The minimum absolute atomic E-state index is 0.0180. The molecule has 3 heterocycles. The van der Waals surface area contributed by atoms with Crippen molar-refractivity contribution in [3.05, 3.63) is 90.7 Å². The summed E-state index contributed by atoms with van der Waals surface area (Å²) in [4.78, 5) is 32.5. The maximum atomic E-state index is 13.5. The molecular formula is C21H12Cl2N2O3S. The number of aryl methyl sites for hydroxylation is 1. The second kappa shape index (κ2) is 6.69. The van der Waals surface area contributed by atoms with Gasteiger partial charge in [0.05, 0.1) is 17.0 Å². The highest BCUT2D eigenvalue weighted by molar-refractivity contribution is 7.13. The predicted molar refractivity (Wildman–Crippen MR) is 114 cm³/mol. The zero-order valence-corrected chi connectivity index (χ0v) is 17.3. The maximum Gasteiger partial charge on any atom is 0.297 e. The average molecular weight is 443 g/mol. The number of hydrogen-bond donors (Lipinski definition) is 0. The van der Waals surface area contributed by atoms with E-state index in [1.807, 2.05) is 13.0 Å². The number of fused-ring (bicyclic) bond motifs is 2. The molecular weight excluding hydrogens is 431 g/mol. The van der Waals surface area contributed by atoms with Gasteiger partial charge >= 0.3 is 0 Å². The van der Waals surface area contributed by atoms with Gasteiger partial charge in [-0.2, -0.15) is 0 Å². The lowest BCUT2D eigenvalue weighted by Crippen LogP contribution is -2.29. The lowest BCUT2D eigenvalue weighted by Gasteiger charge is -2.22. The number of hydrogen-bond acceptors (Lipinski definition) is 5. The van der Waals surface area contributed by atoms with Crippen molar-refractivity contribution in [2.45, 2.75) is 13.0 Å². The van der Waals surface area contributed by atoms with Gasteiger partial charge in [-0.05, 0) is 42.3 Å². The molecule has 0 saturated heterocycles. The van der Waals surface area contributed by atoms with Crippen LogP contribution in [-0.4, -0.2) is 10.9 Å². The van der Waals surface area contributed by atoms with Gasteiger partial charge in [-0.3, -0.25) is 14.5 Å². The van der Waals surface area contributed by atoms with Gasteiger partial charge in [-0.25, -0.2) is 4.98 Å². The van der Waals surface area contributed by atoms with Gasteiger partial charge in [-0.15, -0.1) is 11.3 Å². The molecule has 0 fully saturated rings. The van der Waals surface area contributed by atoms with Crippen LogP contribution in [0.3, 0.4) is 0 Å².